The van der Waals surface area contributed by atoms with E-state index in [0.717, 1.165) is 5.01 Å². The molecule has 1 saturated heterocycles. The molecule has 0 radical (unpaired) electrons. The first-order chi connectivity index (χ1) is 13.8. The number of rotatable bonds is 6. The molecule has 3 rings (SSSR count). The highest BCUT2D eigenvalue weighted by molar-refractivity contribution is 6.33. The average molecular weight is 417 g/mol. The van der Waals surface area contributed by atoms with Gasteiger partial charge in [-0.15, -0.1) is 0 Å². The summed E-state index contributed by atoms with van der Waals surface area (Å²) in [6, 6.07) is 11.6. The second-order valence-electron chi connectivity index (χ2n) is 6.11. The molecular formula is C20H17ClN2O6. The Kier molecular flexibility index (Phi) is 5.74. The molecule has 1 atom stereocenters. The molecule has 0 aromatic heterocycles. The molecule has 1 heterocycles. The number of ether oxygens (including phenoxy) is 2. The zero-order valence-electron chi connectivity index (χ0n) is 15.5. The first-order valence-corrected chi connectivity index (χ1v) is 8.88. The van der Waals surface area contributed by atoms with Gasteiger partial charge in [-0.2, -0.15) is 0 Å². The van der Waals surface area contributed by atoms with E-state index in [2.05, 4.69) is 5.43 Å². The number of benzene rings is 2. The van der Waals surface area contributed by atoms with Crippen molar-refractivity contribution in [1.29, 1.82) is 0 Å². The predicted molar refractivity (Wildman–Crippen MR) is 106 cm³/mol. The number of carboxylic acid groups (broad SMARTS) is 1. The number of para-hydroxylation sites is 1. The highest BCUT2D eigenvalue weighted by atomic mass is 35.5. The fourth-order valence-electron chi connectivity index (χ4n) is 2.65. The van der Waals surface area contributed by atoms with Crippen LogP contribution in [0.2, 0.25) is 5.02 Å². The van der Waals surface area contributed by atoms with Crippen LogP contribution in [0.25, 0.3) is 6.08 Å². The normalized spacial score (nSPS) is 16.0. The Balaban J connectivity index is 1.94. The van der Waals surface area contributed by atoms with E-state index in [-0.39, 0.29) is 22.1 Å². The summed E-state index contributed by atoms with van der Waals surface area (Å²) >= 11 is 6.22. The van der Waals surface area contributed by atoms with Crippen molar-refractivity contribution in [2.75, 3.05) is 12.1 Å². The minimum atomic E-state index is -1.16. The van der Waals surface area contributed by atoms with Crippen molar-refractivity contribution in [2.45, 2.75) is 13.0 Å². The Morgan fingerprint density at radius 2 is 1.93 bits per heavy atom. The molecule has 2 amide bonds. The van der Waals surface area contributed by atoms with Crippen LogP contribution in [0.4, 0.5) is 5.69 Å². The highest BCUT2D eigenvalue weighted by Gasteiger charge is 2.34. The van der Waals surface area contributed by atoms with Crippen molar-refractivity contribution in [3.05, 3.63) is 58.6 Å². The lowest BCUT2D eigenvalue weighted by molar-refractivity contribution is -0.144. The van der Waals surface area contributed by atoms with Gasteiger partial charge >= 0.3 is 5.97 Å². The largest absolute Gasteiger partial charge is 0.493 e. The fourth-order valence-corrected chi connectivity index (χ4v) is 2.91. The van der Waals surface area contributed by atoms with Gasteiger partial charge in [-0.3, -0.25) is 15.0 Å². The summed E-state index contributed by atoms with van der Waals surface area (Å²) in [6.07, 6.45) is 0.228. The van der Waals surface area contributed by atoms with E-state index in [1.54, 1.807) is 30.3 Å². The smallest absolute Gasteiger partial charge is 0.344 e. The molecule has 2 N–H and O–H groups in total. The molecule has 0 aliphatic carbocycles. The quantitative estimate of drug-likeness (QED) is 0.554. The maximum Gasteiger partial charge on any atom is 0.344 e. The molecule has 29 heavy (non-hydrogen) atoms. The standard InChI is InChI=1S/C20H17ClN2O6/c1-11(20(26)27)29-17-15(21)9-12(10-16(17)28-2)8-14-18(24)22-23(19(14)25)13-6-4-3-5-7-13/h3-11H,1-2H3,(H,22,24)(H,26,27)/b14-8-/t11-/m0/s1. The number of nitrogens with one attached hydrogen (secondary N) is 1. The van der Waals surface area contributed by atoms with E-state index >= 15 is 0 Å². The first kappa shape index (κ1) is 20.2. The number of methoxy groups -OCH3 is 1. The SMILES string of the molecule is COc1cc(/C=C2/C(=O)NN(c3ccccc3)C2=O)cc(Cl)c1O[C@@H](C)C(=O)O. The van der Waals surface area contributed by atoms with Gasteiger partial charge in [0.05, 0.1) is 17.8 Å². The average Bonchev–Trinajstić information content (AvgIpc) is 2.98. The number of amides is 2. The molecule has 1 fully saturated rings. The van der Waals surface area contributed by atoms with E-state index < -0.39 is 23.9 Å². The second kappa shape index (κ2) is 8.24. The Morgan fingerprint density at radius 1 is 1.24 bits per heavy atom. The Hall–Kier alpha value is -3.52. The summed E-state index contributed by atoms with van der Waals surface area (Å²) in [5.74, 6) is -2.02. The second-order valence-corrected chi connectivity index (χ2v) is 6.51. The van der Waals surface area contributed by atoms with Gasteiger partial charge in [-0.1, -0.05) is 29.8 Å². The van der Waals surface area contributed by atoms with E-state index in [1.165, 1.54) is 32.2 Å². The van der Waals surface area contributed by atoms with Crippen molar-refractivity contribution in [3.8, 4) is 11.5 Å². The number of halogens is 1. The summed E-state index contributed by atoms with van der Waals surface area (Å²) in [4.78, 5) is 36.0. The van der Waals surface area contributed by atoms with E-state index in [1.807, 2.05) is 0 Å². The Labute approximate surface area is 171 Å². The van der Waals surface area contributed by atoms with E-state index in [4.69, 9.17) is 26.2 Å². The monoisotopic (exact) mass is 416 g/mol. The third-order valence-corrected chi connectivity index (χ3v) is 4.39. The van der Waals surface area contributed by atoms with Gasteiger partial charge in [0, 0.05) is 0 Å². The van der Waals surface area contributed by atoms with Gasteiger partial charge in [0.15, 0.2) is 17.6 Å². The zero-order chi connectivity index (χ0) is 21.1. The molecule has 1 aliphatic heterocycles. The van der Waals surface area contributed by atoms with Crippen molar-refractivity contribution >= 4 is 41.1 Å². The summed E-state index contributed by atoms with van der Waals surface area (Å²) < 4.78 is 10.6. The lowest BCUT2D eigenvalue weighted by Crippen LogP contribution is -2.35. The van der Waals surface area contributed by atoms with Crippen LogP contribution in [0.15, 0.2) is 48.0 Å². The number of hydrazine groups is 1. The number of hydrogen-bond acceptors (Lipinski definition) is 5. The van der Waals surface area contributed by atoms with Crippen molar-refractivity contribution in [1.82, 2.24) is 5.43 Å². The number of carbonyl (C=O) groups is 3. The summed E-state index contributed by atoms with van der Waals surface area (Å²) in [7, 11) is 1.37. The zero-order valence-corrected chi connectivity index (χ0v) is 16.3. The topological polar surface area (TPSA) is 105 Å². The predicted octanol–water partition coefficient (Wildman–Crippen LogP) is 2.66. The van der Waals surface area contributed by atoms with E-state index in [9.17, 15) is 14.4 Å². The van der Waals surface area contributed by atoms with Crippen LogP contribution in [0, 0.1) is 0 Å². The molecular weight excluding hydrogens is 400 g/mol. The number of carboxylic acids is 1. The molecule has 150 valence electrons. The minimum absolute atomic E-state index is 0.0549. The van der Waals surface area contributed by atoms with Crippen LogP contribution < -0.4 is 19.9 Å². The van der Waals surface area contributed by atoms with Crippen LogP contribution in [0.5, 0.6) is 11.5 Å². The fraction of sp³-hybridized carbons (Fsp3) is 0.150. The Bertz CT molecular complexity index is 1010. The maximum atomic E-state index is 12.7. The minimum Gasteiger partial charge on any atom is -0.493 e. The van der Waals surface area contributed by atoms with Crippen LogP contribution in [0.1, 0.15) is 12.5 Å². The summed E-state index contributed by atoms with van der Waals surface area (Å²) in [6.45, 7) is 1.35. The third-order valence-electron chi connectivity index (χ3n) is 4.11. The van der Waals surface area contributed by atoms with Gasteiger partial charge in [-0.05, 0) is 42.8 Å². The molecule has 0 spiro atoms. The molecule has 0 unspecified atom stereocenters. The molecule has 0 bridgehead atoms. The van der Waals surface area contributed by atoms with Crippen molar-refractivity contribution in [2.24, 2.45) is 0 Å². The van der Waals surface area contributed by atoms with Gasteiger partial charge in [0.1, 0.15) is 5.57 Å². The molecule has 2 aromatic rings. The third kappa shape index (κ3) is 4.17. The number of anilines is 1. The molecule has 9 heteroatoms. The number of aliphatic carboxylic acids is 1. The molecule has 1 aliphatic rings. The molecule has 8 nitrogen and oxygen atoms in total. The van der Waals surface area contributed by atoms with Gasteiger partial charge in [0.2, 0.25) is 0 Å². The van der Waals surface area contributed by atoms with Gasteiger partial charge in [-0.25, -0.2) is 9.80 Å². The van der Waals surface area contributed by atoms with Gasteiger partial charge in [0.25, 0.3) is 11.8 Å². The first-order valence-electron chi connectivity index (χ1n) is 8.51. The number of nitrogens with zero attached hydrogens (tertiary/aromatic N) is 1. The Morgan fingerprint density at radius 3 is 2.55 bits per heavy atom. The van der Waals surface area contributed by atoms with Crippen LogP contribution in [-0.2, 0) is 14.4 Å². The van der Waals surface area contributed by atoms with Crippen molar-refractivity contribution < 1.29 is 29.0 Å². The molecule has 2 aromatic carbocycles. The molecule has 0 saturated carbocycles. The summed E-state index contributed by atoms with van der Waals surface area (Å²) in [5.41, 5.74) is 3.36. The lowest BCUT2D eigenvalue weighted by atomic mass is 10.1. The lowest BCUT2D eigenvalue weighted by Gasteiger charge is -2.16. The van der Waals surface area contributed by atoms with E-state index in [0.29, 0.717) is 11.3 Å². The van der Waals surface area contributed by atoms with Crippen LogP contribution >= 0.6 is 11.6 Å². The number of hydrogen-bond donors (Lipinski definition) is 2. The van der Waals surface area contributed by atoms with Crippen LogP contribution in [0.3, 0.4) is 0 Å². The summed E-state index contributed by atoms with van der Waals surface area (Å²) in [5, 5.41) is 10.2. The van der Waals surface area contributed by atoms with Gasteiger partial charge < -0.3 is 14.6 Å². The van der Waals surface area contributed by atoms with Crippen LogP contribution in [-0.4, -0.2) is 36.1 Å². The number of carbonyl (C=O) groups excluding carboxylic acids is 2. The maximum absolute atomic E-state index is 12.7. The highest BCUT2D eigenvalue weighted by Crippen LogP contribution is 2.38. The van der Waals surface area contributed by atoms with Crippen molar-refractivity contribution in [3.63, 3.8) is 0 Å².